The van der Waals surface area contributed by atoms with E-state index < -0.39 is 6.10 Å². The van der Waals surface area contributed by atoms with Crippen LogP contribution >= 0.6 is 0 Å². The van der Waals surface area contributed by atoms with Crippen molar-refractivity contribution in [1.29, 1.82) is 0 Å². The van der Waals surface area contributed by atoms with Crippen molar-refractivity contribution in [1.82, 2.24) is 4.90 Å². The van der Waals surface area contributed by atoms with Crippen LogP contribution in [-0.4, -0.2) is 43.6 Å². The first kappa shape index (κ1) is 19.7. The average Bonchev–Trinajstić information content (AvgIpc) is 2.79. The summed E-state index contributed by atoms with van der Waals surface area (Å²) in [6.07, 6.45) is -0.607. The minimum Gasteiger partial charge on any atom is -0.496 e. The first-order valence-electron chi connectivity index (χ1n) is 9.01. The molecule has 0 radical (unpaired) electrons. The number of hydrogen-bond donors (Lipinski definition) is 1. The predicted octanol–water partition coefficient (Wildman–Crippen LogP) is 2.59. The highest BCUT2D eigenvalue weighted by molar-refractivity contribution is 5.92. The summed E-state index contributed by atoms with van der Waals surface area (Å²) in [6.45, 7) is 2.48. The Balaban J connectivity index is 1.86. The van der Waals surface area contributed by atoms with Crippen molar-refractivity contribution in [3.05, 3.63) is 53.6 Å². The third-order valence-corrected chi connectivity index (χ3v) is 4.50. The van der Waals surface area contributed by atoms with Gasteiger partial charge in [0.25, 0.3) is 5.91 Å². The van der Waals surface area contributed by atoms with Crippen LogP contribution in [-0.2, 0) is 27.4 Å². The minimum absolute atomic E-state index is 0.0248. The van der Waals surface area contributed by atoms with Crippen molar-refractivity contribution in [2.75, 3.05) is 26.1 Å². The Morgan fingerprint density at radius 1 is 1.25 bits per heavy atom. The van der Waals surface area contributed by atoms with Gasteiger partial charge in [0.15, 0.2) is 6.10 Å². The van der Waals surface area contributed by atoms with Crippen LogP contribution in [0.15, 0.2) is 42.5 Å². The van der Waals surface area contributed by atoms with Gasteiger partial charge in [0.2, 0.25) is 5.91 Å². The van der Waals surface area contributed by atoms with Gasteiger partial charge in [0, 0.05) is 37.0 Å². The number of nitrogens with one attached hydrogen (secondary N) is 1. The highest BCUT2D eigenvalue weighted by Crippen LogP contribution is 2.30. The Kier molecular flexibility index (Phi) is 6.16. The van der Waals surface area contributed by atoms with E-state index in [2.05, 4.69) is 5.32 Å². The molecule has 148 valence electrons. The molecule has 1 aliphatic rings. The summed E-state index contributed by atoms with van der Waals surface area (Å²) in [5.41, 5.74) is 2.37. The summed E-state index contributed by atoms with van der Waals surface area (Å²) in [7, 11) is 3.08. The monoisotopic (exact) mass is 384 g/mol. The molecular weight excluding hydrogens is 360 g/mol. The number of para-hydroxylation sites is 1. The van der Waals surface area contributed by atoms with E-state index >= 15 is 0 Å². The van der Waals surface area contributed by atoms with E-state index in [4.69, 9.17) is 14.2 Å². The van der Waals surface area contributed by atoms with Gasteiger partial charge in [-0.3, -0.25) is 9.59 Å². The lowest BCUT2D eigenvalue weighted by Crippen LogP contribution is -2.37. The van der Waals surface area contributed by atoms with Gasteiger partial charge >= 0.3 is 0 Å². The maximum Gasteiger partial charge on any atom is 0.263 e. The van der Waals surface area contributed by atoms with Crippen LogP contribution in [0.2, 0.25) is 0 Å². The molecule has 0 bridgehead atoms. The molecule has 0 fully saturated rings. The lowest BCUT2D eigenvalue weighted by atomic mass is 10.1. The van der Waals surface area contributed by atoms with Crippen molar-refractivity contribution in [2.45, 2.75) is 26.1 Å². The summed E-state index contributed by atoms with van der Waals surface area (Å²) in [4.78, 5) is 26.4. The fraction of sp³-hybridized carbons (Fsp3) is 0.333. The van der Waals surface area contributed by atoms with Gasteiger partial charge in [0.05, 0.1) is 7.11 Å². The number of amides is 2. The molecule has 7 nitrogen and oxygen atoms in total. The number of methoxy groups -OCH3 is 2. The fourth-order valence-corrected chi connectivity index (χ4v) is 3.18. The van der Waals surface area contributed by atoms with Gasteiger partial charge in [-0.05, 0) is 31.2 Å². The lowest BCUT2D eigenvalue weighted by molar-refractivity contribution is -0.138. The van der Waals surface area contributed by atoms with Crippen LogP contribution in [0.25, 0.3) is 0 Å². The van der Waals surface area contributed by atoms with E-state index in [1.807, 2.05) is 30.3 Å². The van der Waals surface area contributed by atoms with E-state index in [0.717, 1.165) is 16.9 Å². The molecule has 1 atom stereocenters. The van der Waals surface area contributed by atoms with Crippen LogP contribution in [0.1, 0.15) is 18.1 Å². The average molecular weight is 384 g/mol. The molecule has 2 aromatic carbocycles. The smallest absolute Gasteiger partial charge is 0.263 e. The maximum absolute atomic E-state index is 12.8. The van der Waals surface area contributed by atoms with Crippen molar-refractivity contribution in [3.63, 3.8) is 0 Å². The molecule has 0 saturated carbocycles. The molecule has 1 heterocycles. The summed E-state index contributed by atoms with van der Waals surface area (Å²) in [6, 6.07) is 13.0. The zero-order chi connectivity index (χ0) is 20.1. The first-order chi connectivity index (χ1) is 13.5. The Labute approximate surface area is 164 Å². The number of benzene rings is 2. The second kappa shape index (κ2) is 8.75. The van der Waals surface area contributed by atoms with Crippen molar-refractivity contribution in [2.24, 2.45) is 0 Å². The Morgan fingerprint density at radius 2 is 2.04 bits per heavy atom. The third-order valence-electron chi connectivity index (χ3n) is 4.50. The van der Waals surface area contributed by atoms with Crippen LogP contribution in [0.5, 0.6) is 11.5 Å². The molecule has 2 aromatic rings. The van der Waals surface area contributed by atoms with Gasteiger partial charge in [-0.25, -0.2) is 0 Å². The molecule has 3 rings (SSSR count). The molecule has 2 amide bonds. The number of ether oxygens (including phenoxy) is 3. The maximum atomic E-state index is 12.8. The van der Waals surface area contributed by atoms with Crippen molar-refractivity contribution in [3.8, 4) is 11.5 Å². The van der Waals surface area contributed by atoms with Crippen molar-refractivity contribution < 1.29 is 23.8 Å². The lowest BCUT2D eigenvalue weighted by Gasteiger charge is -2.23. The van der Waals surface area contributed by atoms with Crippen LogP contribution in [0.3, 0.4) is 0 Å². The van der Waals surface area contributed by atoms with Gasteiger partial charge in [-0.1, -0.05) is 18.2 Å². The zero-order valence-corrected chi connectivity index (χ0v) is 16.2. The Morgan fingerprint density at radius 3 is 2.79 bits per heavy atom. The topological polar surface area (TPSA) is 77.1 Å². The summed E-state index contributed by atoms with van der Waals surface area (Å²) < 4.78 is 16.1. The first-order valence-corrected chi connectivity index (χ1v) is 9.01. The third kappa shape index (κ3) is 4.43. The SMILES string of the molecule is COCC(=O)Nc1ccc2c(c1)CN(Cc1ccccc1OC)C(=O)[C@@H](C)O2. The predicted molar refractivity (Wildman–Crippen MR) is 104 cm³/mol. The van der Waals surface area contributed by atoms with Gasteiger partial charge in [-0.2, -0.15) is 0 Å². The largest absolute Gasteiger partial charge is 0.496 e. The summed E-state index contributed by atoms with van der Waals surface area (Å²) in [5.74, 6) is 1.02. The van der Waals surface area contributed by atoms with E-state index in [1.165, 1.54) is 7.11 Å². The minimum atomic E-state index is -0.607. The number of carbonyl (C=O) groups is 2. The van der Waals surface area contributed by atoms with E-state index in [-0.39, 0.29) is 18.4 Å². The molecule has 7 heteroatoms. The molecule has 1 aliphatic heterocycles. The number of rotatable bonds is 6. The second-order valence-corrected chi connectivity index (χ2v) is 6.57. The zero-order valence-electron chi connectivity index (χ0n) is 16.2. The molecule has 0 unspecified atom stereocenters. The summed E-state index contributed by atoms with van der Waals surface area (Å²) >= 11 is 0. The normalized spacial score (nSPS) is 16.0. The van der Waals surface area contributed by atoms with E-state index in [9.17, 15) is 9.59 Å². The molecule has 0 aromatic heterocycles. The standard InChI is InChI=1S/C21H24N2O5/c1-14-21(25)23(11-15-6-4-5-7-18(15)27-3)12-16-10-17(8-9-19(16)28-14)22-20(24)13-26-2/h4-10,14H,11-13H2,1-3H3,(H,22,24)/t14-/m1/s1. The number of fused-ring (bicyclic) bond motifs is 1. The highest BCUT2D eigenvalue weighted by atomic mass is 16.5. The fourth-order valence-electron chi connectivity index (χ4n) is 3.18. The van der Waals surface area contributed by atoms with Gasteiger partial charge in [-0.15, -0.1) is 0 Å². The number of anilines is 1. The van der Waals surface area contributed by atoms with Gasteiger partial charge < -0.3 is 24.4 Å². The molecule has 0 aliphatic carbocycles. The second-order valence-electron chi connectivity index (χ2n) is 6.57. The Bertz CT molecular complexity index is 868. The number of hydrogen-bond acceptors (Lipinski definition) is 5. The van der Waals surface area contributed by atoms with Gasteiger partial charge in [0.1, 0.15) is 18.1 Å². The molecule has 28 heavy (non-hydrogen) atoms. The van der Waals surface area contributed by atoms with E-state index in [0.29, 0.717) is 24.5 Å². The Hall–Kier alpha value is -3.06. The molecule has 0 spiro atoms. The molecular formula is C21H24N2O5. The number of carbonyl (C=O) groups excluding carboxylic acids is 2. The van der Waals surface area contributed by atoms with Crippen molar-refractivity contribution >= 4 is 17.5 Å². The van der Waals surface area contributed by atoms with Crippen LogP contribution in [0.4, 0.5) is 5.69 Å². The molecule has 0 saturated heterocycles. The van der Waals surface area contributed by atoms with E-state index in [1.54, 1.807) is 31.1 Å². The molecule has 1 N–H and O–H groups in total. The quantitative estimate of drug-likeness (QED) is 0.828. The highest BCUT2D eigenvalue weighted by Gasteiger charge is 2.28. The summed E-state index contributed by atoms with van der Waals surface area (Å²) in [5, 5.41) is 2.78. The van der Waals surface area contributed by atoms with Crippen LogP contribution in [0, 0.1) is 0 Å². The number of nitrogens with zero attached hydrogens (tertiary/aromatic N) is 1. The van der Waals surface area contributed by atoms with Crippen LogP contribution < -0.4 is 14.8 Å².